The minimum atomic E-state index is 0.848. The maximum absolute atomic E-state index is 4.81. The fraction of sp³-hybridized carbons (Fsp3) is 0.333. The summed E-state index contributed by atoms with van der Waals surface area (Å²) in [7, 11) is 0. The van der Waals surface area contributed by atoms with Crippen LogP contribution in [0.5, 0.6) is 0 Å². The quantitative estimate of drug-likeness (QED) is 0.596. The van der Waals surface area contributed by atoms with Crippen LogP contribution < -0.4 is 0 Å². The van der Waals surface area contributed by atoms with E-state index in [4.69, 9.17) is 12.6 Å². The minimum Gasteiger partial charge on any atom is -0.149 e. The molecule has 0 saturated heterocycles. The van der Waals surface area contributed by atoms with E-state index in [9.17, 15) is 0 Å². The highest BCUT2D eigenvalue weighted by molar-refractivity contribution is 7.80. The number of rotatable bonds is 2. The average molecular weight is 143 g/mol. The van der Waals surface area contributed by atoms with E-state index in [1.807, 2.05) is 0 Å². The van der Waals surface area contributed by atoms with Crippen LogP contribution in [0.1, 0.15) is 4.88 Å². The van der Waals surface area contributed by atoms with Gasteiger partial charge < -0.3 is 0 Å². The molecule has 0 unspecified atom stereocenters. The molecule has 1 heterocycles. The standard InChI is InChI=1S/C6H7S2/c7-4-3-6-2-1-5-8-6/h1-2,5H,3-4H2. The van der Waals surface area contributed by atoms with Crippen molar-refractivity contribution in [3.8, 4) is 0 Å². The van der Waals surface area contributed by atoms with E-state index >= 15 is 0 Å². The van der Waals surface area contributed by atoms with Crippen LogP contribution in [0.3, 0.4) is 0 Å². The summed E-state index contributed by atoms with van der Waals surface area (Å²) in [4.78, 5) is 1.40. The van der Waals surface area contributed by atoms with E-state index < -0.39 is 0 Å². The van der Waals surface area contributed by atoms with E-state index in [0.29, 0.717) is 0 Å². The largest absolute Gasteiger partial charge is 0.149 e. The molecule has 1 rings (SSSR count). The van der Waals surface area contributed by atoms with Gasteiger partial charge in [-0.3, -0.25) is 0 Å². The lowest BCUT2D eigenvalue weighted by molar-refractivity contribution is 1.21. The maximum atomic E-state index is 4.81. The van der Waals surface area contributed by atoms with Gasteiger partial charge in [0.2, 0.25) is 0 Å². The van der Waals surface area contributed by atoms with Crippen LogP contribution in [0.25, 0.3) is 0 Å². The Morgan fingerprint density at radius 3 is 3.00 bits per heavy atom. The van der Waals surface area contributed by atoms with E-state index in [2.05, 4.69) is 17.5 Å². The van der Waals surface area contributed by atoms with Crippen molar-refractivity contribution in [3.05, 3.63) is 22.4 Å². The highest BCUT2D eigenvalue weighted by atomic mass is 32.1. The Morgan fingerprint density at radius 2 is 2.50 bits per heavy atom. The first kappa shape index (κ1) is 6.17. The molecule has 0 N–H and O–H groups in total. The summed E-state index contributed by atoms with van der Waals surface area (Å²) in [6.45, 7) is 0. The van der Waals surface area contributed by atoms with Gasteiger partial charge in [0, 0.05) is 10.6 Å². The number of hydrogen-bond donors (Lipinski definition) is 0. The molecular formula is C6H7S2. The summed E-state index contributed by atoms with van der Waals surface area (Å²) in [6.07, 6.45) is 1.06. The summed E-state index contributed by atoms with van der Waals surface area (Å²) in [5.74, 6) is 0.848. The van der Waals surface area contributed by atoms with Gasteiger partial charge in [-0.2, -0.15) is 0 Å². The van der Waals surface area contributed by atoms with Gasteiger partial charge in [0.15, 0.2) is 0 Å². The summed E-state index contributed by atoms with van der Waals surface area (Å²) in [5, 5.41) is 2.08. The maximum Gasteiger partial charge on any atom is 0.00853 e. The van der Waals surface area contributed by atoms with Crippen molar-refractivity contribution in [2.75, 3.05) is 5.75 Å². The summed E-state index contributed by atoms with van der Waals surface area (Å²) < 4.78 is 0. The number of thiophene rings is 1. The molecular weight excluding hydrogens is 136 g/mol. The SMILES string of the molecule is [S]CCc1cccs1. The number of hydrogen-bond acceptors (Lipinski definition) is 1. The molecule has 0 aliphatic heterocycles. The van der Waals surface area contributed by atoms with Crippen molar-refractivity contribution in [2.45, 2.75) is 6.42 Å². The Hall–Kier alpha value is 0.0500. The smallest absolute Gasteiger partial charge is 0.00853 e. The molecule has 0 spiro atoms. The van der Waals surface area contributed by atoms with Crippen molar-refractivity contribution in [3.63, 3.8) is 0 Å². The third-order valence-electron chi connectivity index (χ3n) is 0.929. The van der Waals surface area contributed by atoms with Crippen LogP contribution in [0.2, 0.25) is 0 Å². The van der Waals surface area contributed by atoms with Gasteiger partial charge in [-0.05, 0) is 17.9 Å². The second-order valence-electron chi connectivity index (χ2n) is 1.53. The molecule has 0 nitrogen and oxygen atoms in total. The van der Waals surface area contributed by atoms with E-state index in [0.717, 1.165) is 12.2 Å². The van der Waals surface area contributed by atoms with E-state index in [-0.39, 0.29) is 0 Å². The Labute approximate surface area is 59.0 Å². The van der Waals surface area contributed by atoms with Gasteiger partial charge in [-0.25, -0.2) is 0 Å². The summed E-state index contributed by atoms with van der Waals surface area (Å²) in [6, 6.07) is 4.18. The molecule has 1 aromatic heterocycles. The van der Waals surface area contributed by atoms with Gasteiger partial charge in [0.25, 0.3) is 0 Å². The molecule has 0 fully saturated rings. The van der Waals surface area contributed by atoms with Crippen LogP contribution >= 0.6 is 24.0 Å². The molecule has 1 radical (unpaired) electrons. The molecule has 43 valence electrons. The van der Waals surface area contributed by atoms with Crippen LogP contribution in [-0.2, 0) is 6.42 Å². The van der Waals surface area contributed by atoms with Gasteiger partial charge in [-0.1, -0.05) is 18.7 Å². The molecule has 0 atom stereocenters. The molecule has 1 aromatic rings. The summed E-state index contributed by atoms with van der Waals surface area (Å²) >= 11 is 6.59. The topological polar surface area (TPSA) is 0 Å². The summed E-state index contributed by atoms with van der Waals surface area (Å²) in [5.41, 5.74) is 0. The zero-order valence-corrected chi connectivity index (χ0v) is 6.10. The molecule has 0 amide bonds. The lowest BCUT2D eigenvalue weighted by Gasteiger charge is -1.84. The Bertz CT molecular complexity index is 132. The lowest BCUT2D eigenvalue weighted by Crippen LogP contribution is -1.76. The van der Waals surface area contributed by atoms with Crippen molar-refractivity contribution < 1.29 is 0 Å². The highest BCUT2D eigenvalue weighted by Gasteiger charge is 1.87. The first-order valence-corrected chi connectivity index (χ1v) is 3.99. The third-order valence-corrected chi connectivity index (χ3v) is 2.07. The first-order valence-electron chi connectivity index (χ1n) is 2.54. The fourth-order valence-electron chi connectivity index (χ4n) is 0.555. The zero-order valence-electron chi connectivity index (χ0n) is 4.46. The van der Waals surface area contributed by atoms with Gasteiger partial charge in [0.05, 0.1) is 0 Å². The van der Waals surface area contributed by atoms with Crippen molar-refractivity contribution in [1.29, 1.82) is 0 Å². The van der Waals surface area contributed by atoms with Crippen molar-refractivity contribution >= 4 is 24.0 Å². The van der Waals surface area contributed by atoms with Gasteiger partial charge in [-0.15, -0.1) is 11.3 Å². The first-order chi connectivity index (χ1) is 3.93. The molecule has 8 heavy (non-hydrogen) atoms. The van der Waals surface area contributed by atoms with Gasteiger partial charge >= 0.3 is 0 Å². The fourth-order valence-corrected chi connectivity index (χ4v) is 1.61. The molecule has 0 aliphatic rings. The second kappa shape index (κ2) is 3.15. The van der Waals surface area contributed by atoms with Crippen LogP contribution in [0.4, 0.5) is 0 Å². The molecule has 0 bridgehead atoms. The van der Waals surface area contributed by atoms with Crippen LogP contribution in [-0.4, -0.2) is 5.75 Å². The lowest BCUT2D eigenvalue weighted by atomic mass is 10.4. The minimum absolute atomic E-state index is 0.848. The molecule has 2 heteroatoms. The monoisotopic (exact) mass is 143 g/mol. The highest BCUT2D eigenvalue weighted by Crippen LogP contribution is 2.08. The van der Waals surface area contributed by atoms with Gasteiger partial charge in [0.1, 0.15) is 0 Å². The van der Waals surface area contributed by atoms with Crippen molar-refractivity contribution in [2.24, 2.45) is 0 Å². The Kier molecular flexibility index (Phi) is 2.43. The van der Waals surface area contributed by atoms with Crippen LogP contribution in [0.15, 0.2) is 17.5 Å². The molecule has 0 aromatic carbocycles. The zero-order chi connectivity index (χ0) is 5.82. The third kappa shape index (κ3) is 1.53. The molecule has 0 aliphatic carbocycles. The van der Waals surface area contributed by atoms with E-state index in [1.54, 1.807) is 11.3 Å². The van der Waals surface area contributed by atoms with Crippen molar-refractivity contribution in [1.82, 2.24) is 0 Å². The van der Waals surface area contributed by atoms with Crippen LogP contribution in [0, 0.1) is 0 Å². The van der Waals surface area contributed by atoms with E-state index in [1.165, 1.54) is 4.88 Å². The molecule has 0 saturated carbocycles. The average Bonchev–Trinajstić information content (AvgIpc) is 2.19. The Balaban J connectivity index is 2.50. The predicted octanol–water partition coefficient (Wildman–Crippen LogP) is 2.49. The second-order valence-corrected chi connectivity index (χ2v) is 2.97. The normalized spacial score (nSPS) is 9.62. The number of aryl methyl sites for hydroxylation is 1. The Morgan fingerprint density at radius 1 is 1.62 bits per heavy atom. The predicted molar refractivity (Wildman–Crippen MR) is 40.5 cm³/mol.